The van der Waals surface area contributed by atoms with E-state index in [0.717, 1.165) is 11.5 Å². The van der Waals surface area contributed by atoms with E-state index in [1.165, 1.54) is 29.1 Å². The number of anilines is 4. The Morgan fingerprint density at radius 3 is 2.69 bits per heavy atom. The lowest BCUT2D eigenvalue weighted by Crippen LogP contribution is -2.67. The molecule has 0 radical (unpaired) electrons. The predicted octanol–water partition coefficient (Wildman–Crippen LogP) is 5.23. The van der Waals surface area contributed by atoms with Gasteiger partial charge in [0, 0.05) is 16.5 Å². The zero-order chi connectivity index (χ0) is 17.5. The summed E-state index contributed by atoms with van der Waals surface area (Å²) in [7, 11) is 0. The van der Waals surface area contributed by atoms with Gasteiger partial charge in [0.05, 0.1) is 11.2 Å². The topological polar surface area (TPSA) is 32.3 Å². The van der Waals surface area contributed by atoms with Crippen LogP contribution < -0.4 is 9.80 Å². The number of hydrogen-bond donors (Lipinski definition) is 0. The molecular formula is C21H20N4S. The summed E-state index contributed by atoms with van der Waals surface area (Å²) >= 11 is 1.78. The van der Waals surface area contributed by atoms with Gasteiger partial charge in [0.1, 0.15) is 18.2 Å². The number of para-hydroxylation sites is 1. The van der Waals surface area contributed by atoms with Gasteiger partial charge in [-0.2, -0.15) is 0 Å². The Morgan fingerprint density at radius 2 is 1.92 bits per heavy atom. The van der Waals surface area contributed by atoms with E-state index in [2.05, 4.69) is 70.4 Å². The summed E-state index contributed by atoms with van der Waals surface area (Å²) in [5, 5.41) is 3.41. The third kappa shape index (κ3) is 1.48. The van der Waals surface area contributed by atoms with Gasteiger partial charge in [-0.3, -0.25) is 4.90 Å². The highest BCUT2D eigenvalue weighted by atomic mass is 32.1. The van der Waals surface area contributed by atoms with Crippen LogP contribution in [0, 0.1) is 5.41 Å². The Kier molecular flexibility index (Phi) is 2.64. The number of thiophene rings is 1. The van der Waals surface area contributed by atoms with Crippen molar-refractivity contribution in [2.45, 2.75) is 38.3 Å². The molecule has 0 N–H and O–H groups in total. The van der Waals surface area contributed by atoms with Crippen LogP contribution >= 0.6 is 11.3 Å². The van der Waals surface area contributed by atoms with Gasteiger partial charge in [0.15, 0.2) is 5.82 Å². The van der Waals surface area contributed by atoms with Crippen molar-refractivity contribution in [3.05, 3.63) is 59.9 Å². The summed E-state index contributed by atoms with van der Waals surface area (Å²) in [6.07, 6.45) is 6.35. The van der Waals surface area contributed by atoms with E-state index in [9.17, 15) is 0 Å². The van der Waals surface area contributed by atoms with Crippen molar-refractivity contribution in [2.24, 2.45) is 5.41 Å². The zero-order valence-electron chi connectivity index (χ0n) is 14.9. The molecule has 3 aliphatic rings. The van der Waals surface area contributed by atoms with Crippen LogP contribution in [0.15, 0.2) is 54.3 Å². The molecule has 1 fully saturated rings. The fraction of sp³-hybridized carbons (Fsp3) is 0.333. The molecule has 5 heteroatoms. The molecule has 3 atom stereocenters. The third-order valence-electron chi connectivity index (χ3n) is 7.13. The Hall–Kier alpha value is -2.40. The summed E-state index contributed by atoms with van der Waals surface area (Å²) in [4.78, 5) is 14.0. The van der Waals surface area contributed by atoms with Crippen molar-refractivity contribution >= 4 is 33.5 Å². The quantitative estimate of drug-likeness (QED) is 0.595. The molecule has 0 bridgehead atoms. The van der Waals surface area contributed by atoms with Crippen LogP contribution in [0.2, 0.25) is 0 Å². The molecular weight excluding hydrogens is 340 g/mol. The predicted molar refractivity (Wildman–Crippen MR) is 106 cm³/mol. The maximum absolute atomic E-state index is 4.71. The molecule has 0 amide bonds. The van der Waals surface area contributed by atoms with Crippen LogP contribution in [0.3, 0.4) is 0 Å². The van der Waals surface area contributed by atoms with E-state index in [1.54, 1.807) is 17.7 Å². The van der Waals surface area contributed by atoms with Gasteiger partial charge in [-0.15, -0.1) is 11.3 Å². The van der Waals surface area contributed by atoms with Crippen LogP contribution in [-0.4, -0.2) is 16.1 Å². The lowest BCUT2D eigenvalue weighted by Gasteiger charge is -2.65. The minimum atomic E-state index is 0.159. The molecule has 1 aliphatic carbocycles. The van der Waals surface area contributed by atoms with Crippen molar-refractivity contribution < 1.29 is 0 Å². The molecule has 2 aliphatic heterocycles. The summed E-state index contributed by atoms with van der Waals surface area (Å²) in [5.74, 6) is 1.03. The molecule has 4 heterocycles. The van der Waals surface area contributed by atoms with Crippen LogP contribution in [-0.2, 0) is 5.41 Å². The first kappa shape index (κ1) is 14.7. The summed E-state index contributed by atoms with van der Waals surface area (Å²) in [6, 6.07) is 13.2. The van der Waals surface area contributed by atoms with E-state index in [4.69, 9.17) is 4.98 Å². The van der Waals surface area contributed by atoms with Crippen molar-refractivity contribution in [1.29, 1.82) is 0 Å². The fourth-order valence-corrected chi connectivity index (χ4v) is 6.15. The first-order valence-corrected chi connectivity index (χ1v) is 10.0. The number of nitrogens with zero attached hydrogens (tertiary/aromatic N) is 4. The monoisotopic (exact) mass is 360 g/mol. The van der Waals surface area contributed by atoms with E-state index >= 15 is 0 Å². The van der Waals surface area contributed by atoms with Crippen LogP contribution in [0.4, 0.5) is 22.2 Å². The van der Waals surface area contributed by atoms with Gasteiger partial charge < -0.3 is 4.90 Å². The van der Waals surface area contributed by atoms with E-state index in [1.807, 2.05) is 6.20 Å². The van der Waals surface area contributed by atoms with Crippen LogP contribution in [0.25, 0.3) is 0 Å². The highest BCUT2D eigenvalue weighted by molar-refractivity contribution is 7.14. The maximum Gasteiger partial charge on any atom is 0.162 e. The van der Waals surface area contributed by atoms with Gasteiger partial charge >= 0.3 is 0 Å². The summed E-state index contributed by atoms with van der Waals surface area (Å²) < 4.78 is 0. The lowest BCUT2D eigenvalue weighted by atomic mass is 9.45. The highest BCUT2D eigenvalue weighted by Crippen LogP contribution is 2.69. The largest absolute Gasteiger partial charge is 0.315 e. The summed E-state index contributed by atoms with van der Waals surface area (Å²) in [6.45, 7) is 4.91. The number of benzene rings is 1. The Morgan fingerprint density at radius 1 is 1.04 bits per heavy atom. The molecule has 1 aromatic carbocycles. The lowest BCUT2D eigenvalue weighted by molar-refractivity contribution is -0.00742. The average Bonchev–Trinajstić information content (AvgIpc) is 3.30. The normalized spacial score (nSPS) is 30.9. The highest BCUT2D eigenvalue weighted by Gasteiger charge is 2.66. The first-order valence-electron chi connectivity index (χ1n) is 9.17. The number of rotatable bonds is 1. The van der Waals surface area contributed by atoms with E-state index in [-0.39, 0.29) is 17.0 Å². The molecule has 26 heavy (non-hydrogen) atoms. The third-order valence-corrected chi connectivity index (χ3v) is 7.99. The zero-order valence-corrected chi connectivity index (χ0v) is 15.7. The second-order valence-electron chi connectivity index (χ2n) is 8.06. The molecule has 6 rings (SSSR count). The van der Waals surface area contributed by atoms with Gasteiger partial charge in [-0.1, -0.05) is 32.0 Å². The molecule has 0 spiro atoms. The number of aromatic nitrogens is 2. The molecule has 4 nitrogen and oxygen atoms in total. The molecule has 3 unspecified atom stereocenters. The van der Waals surface area contributed by atoms with Crippen LogP contribution in [0.1, 0.15) is 32.3 Å². The Labute approximate surface area is 157 Å². The maximum atomic E-state index is 4.71. The minimum Gasteiger partial charge on any atom is -0.315 e. The van der Waals surface area contributed by atoms with Crippen molar-refractivity contribution in [1.82, 2.24) is 9.97 Å². The van der Waals surface area contributed by atoms with Crippen LogP contribution in [0.5, 0.6) is 0 Å². The SMILES string of the molecule is CC12CCC1(C)C1N(c3ccccc32)c2cncnc2N1c1cccs1. The smallest absolute Gasteiger partial charge is 0.162 e. The van der Waals surface area contributed by atoms with Gasteiger partial charge in [-0.05, 0) is 42.0 Å². The molecule has 3 aromatic rings. The standard InChI is InChI=1S/C21H20N4S/c1-20-9-10-21(20,2)19-24(15-7-4-3-6-14(15)20)16-12-22-13-23-18(16)25(19)17-8-5-11-26-17/h3-8,11-13,19H,9-10H2,1-2H3. The minimum absolute atomic E-state index is 0.159. The van der Waals surface area contributed by atoms with E-state index in [0.29, 0.717) is 0 Å². The first-order chi connectivity index (χ1) is 12.7. The Bertz CT molecular complexity index is 1020. The molecule has 2 aromatic heterocycles. The second kappa shape index (κ2) is 4.65. The summed E-state index contributed by atoms with van der Waals surface area (Å²) in [5.41, 5.74) is 4.25. The van der Waals surface area contributed by atoms with Crippen molar-refractivity contribution in [2.75, 3.05) is 9.80 Å². The second-order valence-corrected chi connectivity index (χ2v) is 8.99. The van der Waals surface area contributed by atoms with Crippen molar-refractivity contribution in [3.8, 4) is 0 Å². The fourth-order valence-electron chi connectivity index (χ4n) is 5.40. The van der Waals surface area contributed by atoms with E-state index < -0.39 is 0 Å². The number of hydrogen-bond acceptors (Lipinski definition) is 5. The van der Waals surface area contributed by atoms with Crippen molar-refractivity contribution in [3.63, 3.8) is 0 Å². The Balaban J connectivity index is 1.69. The number of fused-ring (bicyclic) bond motifs is 8. The van der Waals surface area contributed by atoms with Gasteiger partial charge in [-0.25, -0.2) is 9.97 Å². The molecule has 130 valence electrons. The molecule has 0 saturated heterocycles. The van der Waals surface area contributed by atoms with Gasteiger partial charge in [0.25, 0.3) is 0 Å². The average molecular weight is 360 g/mol. The van der Waals surface area contributed by atoms with Gasteiger partial charge in [0.2, 0.25) is 0 Å². The molecule has 1 saturated carbocycles.